The van der Waals surface area contributed by atoms with E-state index in [1.165, 1.54) is 0 Å². The van der Waals surface area contributed by atoms with Gasteiger partial charge in [0, 0.05) is 6.04 Å². The highest BCUT2D eigenvalue weighted by Gasteiger charge is 2.29. The molecule has 0 saturated heterocycles. The van der Waals surface area contributed by atoms with Crippen molar-refractivity contribution in [3.8, 4) is 0 Å². The third-order valence-corrected chi connectivity index (χ3v) is 3.71. The zero-order valence-corrected chi connectivity index (χ0v) is 13.2. The molecule has 1 fully saturated rings. The molecule has 1 heterocycles. The number of hydrogen-bond acceptors (Lipinski definition) is 4. The standard InChI is InChI=1S/C13H16Cl2N2O2.ClH/c14-11-5-8(6-12(15)17-11)7-19-13(18)9-3-1-2-4-10(9)16;/h5-6,9-10H,1-4,7,16H2;1H/t9-,10-;/m1./s1. The van der Waals surface area contributed by atoms with Gasteiger partial charge in [-0.1, -0.05) is 36.0 Å². The van der Waals surface area contributed by atoms with Gasteiger partial charge >= 0.3 is 5.97 Å². The summed E-state index contributed by atoms with van der Waals surface area (Å²) in [5.41, 5.74) is 6.67. The number of hydrogen-bond donors (Lipinski definition) is 1. The summed E-state index contributed by atoms with van der Waals surface area (Å²) >= 11 is 11.6. The number of carbonyl (C=O) groups excluding carboxylic acids is 1. The third-order valence-electron chi connectivity index (χ3n) is 3.33. The Morgan fingerprint density at radius 1 is 1.30 bits per heavy atom. The summed E-state index contributed by atoms with van der Waals surface area (Å²) < 4.78 is 5.28. The molecular formula is C13H17Cl3N2O2. The summed E-state index contributed by atoms with van der Waals surface area (Å²) in [6.07, 6.45) is 3.80. The number of carbonyl (C=O) groups is 1. The first kappa shape index (κ1) is 17.5. The first-order chi connectivity index (χ1) is 9.06. The summed E-state index contributed by atoms with van der Waals surface area (Å²) in [6, 6.07) is 3.16. The topological polar surface area (TPSA) is 65.2 Å². The van der Waals surface area contributed by atoms with Gasteiger partial charge in [-0.3, -0.25) is 4.79 Å². The molecule has 2 N–H and O–H groups in total. The summed E-state index contributed by atoms with van der Waals surface area (Å²) in [5, 5.41) is 0.570. The van der Waals surface area contributed by atoms with Crippen LogP contribution in [0.2, 0.25) is 10.3 Å². The van der Waals surface area contributed by atoms with E-state index in [-0.39, 0.29) is 47.2 Å². The van der Waals surface area contributed by atoms with Crippen LogP contribution in [0, 0.1) is 5.92 Å². The zero-order valence-electron chi connectivity index (χ0n) is 10.9. The molecule has 0 bridgehead atoms. The van der Waals surface area contributed by atoms with Gasteiger partial charge < -0.3 is 10.5 Å². The minimum Gasteiger partial charge on any atom is -0.461 e. The van der Waals surface area contributed by atoms with Gasteiger partial charge in [0.05, 0.1) is 5.92 Å². The molecule has 1 aliphatic rings. The Balaban J connectivity index is 0.00000200. The van der Waals surface area contributed by atoms with Crippen molar-refractivity contribution in [2.75, 3.05) is 0 Å². The normalized spacial score (nSPS) is 21.9. The summed E-state index contributed by atoms with van der Waals surface area (Å²) in [7, 11) is 0. The van der Waals surface area contributed by atoms with E-state index < -0.39 is 0 Å². The Hall–Kier alpha value is -0.550. The molecule has 20 heavy (non-hydrogen) atoms. The van der Waals surface area contributed by atoms with E-state index in [2.05, 4.69) is 4.98 Å². The highest BCUT2D eigenvalue weighted by molar-refractivity contribution is 6.32. The quantitative estimate of drug-likeness (QED) is 0.677. The molecule has 1 aliphatic carbocycles. The minimum atomic E-state index is -0.240. The van der Waals surface area contributed by atoms with Crippen LogP contribution in [0.5, 0.6) is 0 Å². The van der Waals surface area contributed by atoms with E-state index in [0.717, 1.165) is 31.2 Å². The van der Waals surface area contributed by atoms with Crippen LogP contribution in [0.3, 0.4) is 0 Å². The van der Waals surface area contributed by atoms with Gasteiger partial charge in [-0.15, -0.1) is 12.4 Å². The van der Waals surface area contributed by atoms with E-state index in [1.54, 1.807) is 12.1 Å². The Labute approximate surface area is 134 Å². The molecule has 0 unspecified atom stereocenters. The van der Waals surface area contributed by atoms with E-state index in [1.807, 2.05) is 0 Å². The number of rotatable bonds is 3. The number of pyridine rings is 1. The molecule has 7 heteroatoms. The first-order valence-electron chi connectivity index (χ1n) is 6.30. The van der Waals surface area contributed by atoms with Crippen molar-refractivity contribution in [1.82, 2.24) is 4.98 Å². The van der Waals surface area contributed by atoms with Crippen molar-refractivity contribution < 1.29 is 9.53 Å². The zero-order chi connectivity index (χ0) is 13.8. The number of nitrogens with zero attached hydrogens (tertiary/aromatic N) is 1. The van der Waals surface area contributed by atoms with Gasteiger partial charge in [0.1, 0.15) is 16.9 Å². The Bertz CT molecular complexity index is 451. The van der Waals surface area contributed by atoms with Crippen molar-refractivity contribution >= 4 is 41.6 Å². The predicted octanol–water partition coefficient (Wildman–Crippen LogP) is 3.37. The number of halogens is 3. The van der Waals surface area contributed by atoms with Crippen molar-refractivity contribution in [2.24, 2.45) is 11.7 Å². The lowest BCUT2D eigenvalue weighted by Gasteiger charge is -2.26. The molecule has 0 spiro atoms. The Morgan fingerprint density at radius 2 is 1.90 bits per heavy atom. The molecule has 1 aromatic rings. The molecule has 2 rings (SSSR count). The fourth-order valence-corrected chi connectivity index (χ4v) is 2.82. The van der Waals surface area contributed by atoms with Crippen LogP contribution in [-0.2, 0) is 16.1 Å². The van der Waals surface area contributed by atoms with E-state index >= 15 is 0 Å². The molecule has 2 atom stereocenters. The molecule has 0 aromatic carbocycles. The monoisotopic (exact) mass is 338 g/mol. The van der Waals surface area contributed by atoms with Gasteiger partial charge in [-0.05, 0) is 30.5 Å². The lowest BCUT2D eigenvalue weighted by molar-refractivity contribution is -0.151. The molecule has 0 amide bonds. The molecule has 4 nitrogen and oxygen atoms in total. The van der Waals surface area contributed by atoms with Crippen LogP contribution in [0.25, 0.3) is 0 Å². The van der Waals surface area contributed by atoms with Gasteiger partial charge in [0.15, 0.2) is 0 Å². The second-order valence-electron chi connectivity index (χ2n) is 4.78. The number of esters is 1. The fraction of sp³-hybridized carbons (Fsp3) is 0.538. The largest absolute Gasteiger partial charge is 0.461 e. The molecule has 1 saturated carbocycles. The molecule has 0 aliphatic heterocycles. The lowest BCUT2D eigenvalue weighted by Crippen LogP contribution is -2.38. The number of aromatic nitrogens is 1. The Morgan fingerprint density at radius 3 is 2.50 bits per heavy atom. The van der Waals surface area contributed by atoms with Crippen molar-refractivity contribution in [3.05, 3.63) is 28.0 Å². The fourth-order valence-electron chi connectivity index (χ4n) is 2.31. The smallest absolute Gasteiger partial charge is 0.310 e. The van der Waals surface area contributed by atoms with Crippen LogP contribution in [0.15, 0.2) is 12.1 Å². The van der Waals surface area contributed by atoms with Crippen molar-refractivity contribution in [1.29, 1.82) is 0 Å². The van der Waals surface area contributed by atoms with Crippen LogP contribution in [0.4, 0.5) is 0 Å². The van der Waals surface area contributed by atoms with Crippen molar-refractivity contribution in [2.45, 2.75) is 38.3 Å². The van der Waals surface area contributed by atoms with Gasteiger partial charge in [-0.2, -0.15) is 0 Å². The summed E-state index contributed by atoms with van der Waals surface area (Å²) in [5.74, 6) is -0.433. The molecule has 0 radical (unpaired) electrons. The maximum atomic E-state index is 12.0. The average Bonchev–Trinajstić information content (AvgIpc) is 2.35. The van der Waals surface area contributed by atoms with Crippen molar-refractivity contribution in [3.63, 3.8) is 0 Å². The minimum absolute atomic E-state index is 0. The molecular weight excluding hydrogens is 323 g/mol. The summed E-state index contributed by atoms with van der Waals surface area (Å²) in [4.78, 5) is 15.8. The van der Waals surface area contributed by atoms with Crippen LogP contribution in [-0.4, -0.2) is 17.0 Å². The second kappa shape index (κ2) is 8.03. The van der Waals surface area contributed by atoms with Crippen LogP contribution in [0.1, 0.15) is 31.2 Å². The summed E-state index contributed by atoms with van der Waals surface area (Å²) in [6.45, 7) is 0.143. The highest BCUT2D eigenvalue weighted by Crippen LogP contribution is 2.24. The van der Waals surface area contributed by atoms with Crippen LogP contribution < -0.4 is 5.73 Å². The highest BCUT2D eigenvalue weighted by atomic mass is 35.5. The molecule has 1 aromatic heterocycles. The van der Waals surface area contributed by atoms with E-state index in [0.29, 0.717) is 0 Å². The van der Waals surface area contributed by atoms with Gasteiger partial charge in [0.2, 0.25) is 0 Å². The maximum Gasteiger partial charge on any atom is 0.310 e. The molecule has 112 valence electrons. The maximum absolute atomic E-state index is 12.0. The third kappa shape index (κ3) is 4.77. The lowest BCUT2D eigenvalue weighted by atomic mass is 9.85. The average molecular weight is 340 g/mol. The SMILES string of the molecule is Cl.N[C@@H]1CCCC[C@H]1C(=O)OCc1cc(Cl)nc(Cl)c1. The van der Waals surface area contributed by atoms with Gasteiger partial charge in [0.25, 0.3) is 0 Å². The predicted molar refractivity (Wildman–Crippen MR) is 81.2 cm³/mol. The number of ether oxygens (including phenoxy) is 1. The van der Waals surface area contributed by atoms with E-state index in [9.17, 15) is 4.79 Å². The first-order valence-corrected chi connectivity index (χ1v) is 7.06. The Kier molecular flexibility index (Phi) is 7.03. The number of nitrogens with two attached hydrogens (primary N) is 1. The van der Waals surface area contributed by atoms with Crippen LogP contribution >= 0.6 is 35.6 Å². The second-order valence-corrected chi connectivity index (χ2v) is 5.56. The van der Waals surface area contributed by atoms with Gasteiger partial charge in [-0.25, -0.2) is 4.98 Å². The van der Waals surface area contributed by atoms with E-state index in [4.69, 9.17) is 33.7 Å².